The van der Waals surface area contributed by atoms with Crippen LogP contribution in [0.3, 0.4) is 0 Å². The molecule has 0 atom stereocenters. The van der Waals surface area contributed by atoms with Gasteiger partial charge in [0.25, 0.3) is 11.1 Å². The molecule has 138 valence electrons. The first-order chi connectivity index (χ1) is 13.1. The van der Waals surface area contributed by atoms with E-state index >= 15 is 0 Å². The van der Waals surface area contributed by atoms with Crippen LogP contribution >= 0.6 is 11.8 Å². The summed E-state index contributed by atoms with van der Waals surface area (Å²) in [5.74, 6) is 0.547. The molecule has 0 unspecified atom stereocenters. The van der Waals surface area contributed by atoms with Crippen LogP contribution in [-0.4, -0.2) is 46.5 Å². The molecule has 2 aromatic rings. The zero-order valence-corrected chi connectivity index (χ0v) is 15.4. The number of hydrogen-bond acceptors (Lipinski definition) is 5. The summed E-state index contributed by atoms with van der Waals surface area (Å²) in [6.45, 7) is 1.19. The Balaban J connectivity index is 1.48. The topological polar surface area (TPSA) is 70.8 Å². The minimum atomic E-state index is -0.449. The van der Waals surface area contributed by atoms with Gasteiger partial charge in [-0.15, -0.1) is 0 Å². The number of furan rings is 1. The summed E-state index contributed by atoms with van der Waals surface area (Å²) in [5.41, 5.74) is 0.932. The van der Waals surface area contributed by atoms with Gasteiger partial charge in [-0.2, -0.15) is 0 Å². The number of rotatable bonds is 4. The highest BCUT2D eigenvalue weighted by Gasteiger charge is 2.37. The number of benzene rings is 1. The number of imide groups is 1. The lowest BCUT2D eigenvalue weighted by Crippen LogP contribution is -2.40. The third kappa shape index (κ3) is 3.68. The van der Waals surface area contributed by atoms with Crippen molar-refractivity contribution < 1.29 is 18.8 Å². The Labute approximate surface area is 160 Å². The molecule has 0 N–H and O–H groups in total. The zero-order valence-electron chi connectivity index (χ0n) is 14.6. The van der Waals surface area contributed by atoms with E-state index in [1.165, 1.54) is 0 Å². The number of carbonyl (C=O) groups excluding carboxylic acids is 3. The van der Waals surface area contributed by atoms with E-state index in [2.05, 4.69) is 0 Å². The second-order valence-corrected chi connectivity index (χ2v) is 7.42. The molecule has 0 spiro atoms. The van der Waals surface area contributed by atoms with Crippen LogP contribution in [-0.2, 0) is 9.59 Å². The monoisotopic (exact) mass is 382 g/mol. The number of thioether (sulfide) groups is 1. The van der Waals surface area contributed by atoms with Gasteiger partial charge in [-0.25, -0.2) is 0 Å². The van der Waals surface area contributed by atoms with Crippen molar-refractivity contribution in [1.82, 2.24) is 9.80 Å². The Bertz CT molecular complexity index is 913. The fraction of sp³-hybridized carbons (Fsp3) is 0.250. The maximum Gasteiger partial charge on any atom is 0.294 e. The molecule has 2 aliphatic heterocycles. The highest BCUT2D eigenvalue weighted by atomic mass is 32.2. The number of likely N-dealkylation sites (tertiary alicyclic amines) is 1. The second kappa shape index (κ2) is 7.44. The normalized spacial score (nSPS) is 18.7. The summed E-state index contributed by atoms with van der Waals surface area (Å²) >= 11 is 0.834. The summed E-state index contributed by atoms with van der Waals surface area (Å²) in [5, 5.41) is -0.423. The smallest absolute Gasteiger partial charge is 0.294 e. The lowest BCUT2D eigenvalue weighted by Gasteiger charge is -2.18. The van der Waals surface area contributed by atoms with Crippen LogP contribution in [0.1, 0.15) is 18.6 Å². The number of nitrogens with zero attached hydrogens (tertiary/aromatic N) is 2. The SMILES string of the molecule is O=C(CN1C(=O)SC(=Cc2ccc(-c3ccccc3)o2)C1=O)N1CCCC1. The van der Waals surface area contributed by atoms with E-state index in [1.54, 1.807) is 17.0 Å². The Morgan fingerprint density at radius 1 is 1.07 bits per heavy atom. The van der Waals surface area contributed by atoms with Gasteiger partial charge < -0.3 is 9.32 Å². The zero-order chi connectivity index (χ0) is 18.8. The van der Waals surface area contributed by atoms with Crippen molar-refractivity contribution in [3.05, 3.63) is 53.1 Å². The quantitative estimate of drug-likeness (QED) is 0.756. The molecule has 0 aliphatic carbocycles. The molecule has 2 saturated heterocycles. The highest BCUT2D eigenvalue weighted by molar-refractivity contribution is 8.18. The average Bonchev–Trinajstić information content (AvgIpc) is 3.41. The molecular formula is C20H18N2O4S. The van der Waals surface area contributed by atoms with Gasteiger partial charge in [0.05, 0.1) is 4.91 Å². The molecule has 0 radical (unpaired) electrons. The van der Waals surface area contributed by atoms with Crippen LogP contribution in [0.5, 0.6) is 0 Å². The first-order valence-corrected chi connectivity index (χ1v) is 9.62. The molecule has 7 heteroatoms. The summed E-state index contributed by atoms with van der Waals surface area (Å²) in [4.78, 5) is 40.0. The molecule has 4 rings (SSSR count). The van der Waals surface area contributed by atoms with Gasteiger partial charge in [0.2, 0.25) is 5.91 Å². The largest absolute Gasteiger partial charge is 0.457 e. The molecule has 3 heterocycles. The van der Waals surface area contributed by atoms with Crippen molar-refractivity contribution in [3.8, 4) is 11.3 Å². The molecule has 2 aliphatic rings. The van der Waals surface area contributed by atoms with Crippen LogP contribution in [0, 0.1) is 0 Å². The minimum absolute atomic E-state index is 0.180. The summed E-state index contributed by atoms with van der Waals surface area (Å²) < 4.78 is 5.77. The fourth-order valence-corrected chi connectivity index (χ4v) is 3.97. The Hall–Kier alpha value is -2.80. The van der Waals surface area contributed by atoms with Crippen LogP contribution in [0.15, 0.2) is 51.8 Å². The predicted octanol–water partition coefficient (Wildman–Crippen LogP) is 3.61. The number of hydrogen-bond donors (Lipinski definition) is 0. The Morgan fingerprint density at radius 2 is 1.81 bits per heavy atom. The van der Waals surface area contributed by atoms with Gasteiger partial charge in [-0.05, 0) is 36.7 Å². The van der Waals surface area contributed by atoms with Crippen molar-refractivity contribution in [1.29, 1.82) is 0 Å². The standard InChI is InChI=1S/C20H18N2O4S/c23-18(21-10-4-5-11-21)13-22-19(24)17(27-20(22)25)12-15-8-9-16(26-15)14-6-2-1-3-7-14/h1-3,6-9,12H,4-5,10-11,13H2. The summed E-state index contributed by atoms with van der Waals surface area (Å²) in [7, 11) is 0. The summed E-state index contributed by atoms with van der Waals surface area (Å²) in [6.07, 6.45) is 3.49. The lowest BCUT2D eigenvalue weighted by atomic mass is 10.2. The van der Waals surface area contributed by atoms with E-state index < -0.39 is 11.1 Å². The van der Waals surface area contributed by atoms with Crippen molar-refractivity contribution in [2.75, 3.05) is 19.6 Å². The minimum Gasteiger partial charge on any atom is -0.457 e. The van der Waals surface area contributed by atoms with Crippen molar-refractivity contribution in [2.24, 2.45) is 0 Å². The Morgan fingerprint density at radius 3 is 2.56 bits per heavy atom. The van der Waals surface area contributed by atoms with Gasteiger partial charge in [0.15, 0.2) is 0 Å². The van der Waals surface area contributed by atoms with Crippen molar-refractivity contribution in [3.63, 3.8) is 0 Å². The summed E-state index contributed by atoms with van der Waals surface area (Å²) in [6, 6.07) is 13.2. The second-order valence-electron chi connectivity index (χ2n) is 6.42. The van der Waals surface area contributed by atoms with Gasteiger partial charge >= 0.3 is 0 Å². The molecule has 0 bridgehead atoms. The average molecular weight is 382 g/mol. The van der Waals surface area contributed by atoms with Gasteiger partial charge in [0.1, 0.15) is 18.1 Å². The molecule has 1 aromatic carbocycles. The molecule has 2 fully saturated rings. The van der Waals surface area contributed by atoms with Crippen LogP contribution in [0.4, 0.5) is 4.79 Å². The van der Waals surface area contributed by atoms with Gasteiger partial charge in [-0.3, -0.25) is 19.3 Å². The molecule has 0 saturated carbocycles. The van der Waals surface area contributed by atoms with Crippen molar-refractivity contribution in [2.45, 2.75) is 12.8 Å². The van der Waals surface area contributed by atoms with E-state index in [9.17, 15) is 14.4 Å². The van der Waals surface area contributed by atoms with E-state index in [-0.39, 0.29) is 17.4 Å². The first kappa shape index (κ1) is 17.6. The first-order valence-electron chi connectivity index (χ1n) is 8.80. The molecule has 1 aromatic heterocycles. The lowest BCUT2D eigenvalue weighted by molar-refractivity contribution is -0.135. The van der Waals surface area contributed by atoms with E-state index in [0.717, 1.165) is 35.1 Å². The highest BCUT2D eigenvalue weighted by Crippen LogP contribution is 2.33. The third-order valence-corrected chi connectivity index (χ3v) is 5.49. The molecule has 6 nitrogen and oxygen atoms in total. The maximum absolute atomic E-state index is 12.6. The number of carbonyl (C=O) groups is 3. The predicted molar refractivity (Wildman–Crippen MR) is 103 cm³/mol. The maximum atomic E-state index is 12.6. The Kier molecular flexibility index (Phi) is 4.85. The van der Waals surface area contributed by atoms with Crippen LogP contribution in [0.25, 0.3) is 17.4 Å². The third-order valence-electron chi connectivity index (χ3n) is 4.58. The van der Waals surface area contributed by atoms with Gasteiger partial charge in [-0.1, -0.05) is 30.3 Å². The van der Waals surface area contributed by atoms with E-state index in [4.69, 9.17) is 4.42 Å². The molecule has 3 amide bonds. The van der Waals surface area contributed by atoms with Crippen LogP contribution < -0.4 is 0 Å². The number of amides is 3. The van der Waals surface area contributed by atoms with Crippen LogP contribution in [0.2, 0.25) is 0 Å². The van der Waals surface area contributed by atoms with Gasteiger partial charge in [0, 0.05) is 24.7 Å². The van der Waals surface area contributed by atoms with E-state index in [1.807, 2.05) is 36.4 Å². The van der Waals surface area contributed by atoms with E-state index in [0.29, 0.717) is 24.6 Å². The fourth-order valence-electron chi connectivity index (χ4n) is 3.16. The molecular weight excluding hydrogens is 364 g/mol. The molecule has 27 heavy (non-hydrogen) atoms. The van der Waals surface area contributed by atoms with Crippen molar-refractivity contribution >= 4 is 34.9 Å².